The minimum absolute atomic E-state index is 0.0323. The molecular formula is C26H18ClF2N7O2. The van der Waals surface area contributed by atoms with E-state index in [4.69, 9.17) is 11.6 Å². The van der Waals surface area contributed by atoms with Crippen molar-refractivity contribution in [1.82, 2.24) is 24.3 Å². The molecule has 0 radical (unpaired) electrons. The highest BCUT2D eigenvalue weighted by molar-refractivity contribution is 6.32. The number of nitrogens with one attached hydrogen (secondary N) is 2. The van der Waals surface area contributed by atoms with Gasteiger partial charge in [-0.1, -0.05) is 24.2 Å². The first-order chi connectivity index (χ1) is 18.2. The highest BCUT2D eigenvalue weighted by Gasteiger charge is 2.18. The Balaban J connectivity index is 1.74. The Morgan fingerprint density at radius 1 is 1.13 bits per heavy atom. The van der Waals surface area contributed by atoms with Gasteiger partial charge in [-0.25, -0.2) is 13.8 Å². The number of pyridine rings is 1. The minimum Gasteiger partial charge on any atom is -0.322 e. The van der Waals surface area contributed by atoms with Crippen LogP contribution < -0.4 is 16.2 Å². The number of rotatable bonds is 6. The third-order valence-corrected chi connectivity index (χ3v) is 5.83. The van der Waals surface area contributed by atoms with Gasteiger partial charge < -0.3 is 10.6 Å². The Labute approximate surface area is 219 Å². The number of aryl methyl sites for hydroxylation is 1. The summed E-state index contributed by atoms with van der Waals surface area (Å²) in [7, 11) is 1.70. The van der Waals surface area contributed by atoms with Crippen molar-refractivity contribution >= 4 is 45.9 Å². The standard InChI is InChI=1S/C26H18ClF2N7O2/c1-3-22(37)31-16-5-4-6-17(11-16)36-24-14(9-19(25(36)38)18-8-7-15(28)10-20(18)29)12-30-26(33-24)32-21-13-35(2)34-23(21)27/h3-13H,1H2,2H3,(H,31,37)(H,30,32,33). The lowest BCUT2D eigenvalue weighted by molar-refractivity contribution is -0.111. The van der Waals surface area contributed by atoms with Gasteiger partial charge in [0.25, 0.3) is 5.56 Å². The molecule has 0 saturated carbocycles. The highest BCUT2D eigenvalue weighted by atomic mass is 35.5. The fraction of sp³-hybridized carbons (Fsp3) is 0.0385. The smallest absolute Gasteiger partial charge is 0.264 e. The van der Waals surface area contributed by atoms with E-state index < -0.39 is 23.1 Å². The van der Waals surface area contributed by atoms with E-state index >= 15 is 0 Å². The van der Waals surface area contributed by atoms with Crippen LogP contribution in [0.3, 0.4) is 0 Å². The zero-order valence-corrected chi connectivity index (χ0v) is 20.5. The maximum absolute atomic E-state index is 14.7. The number of anilines is 3. The van der Waals surface area contributed by atoms with Crippen LogP contribution in [0.4, 0.5) is 26.1 Å². The van der Waals surface area contributed by atoms with Gasteiger partial charge in [0.05, 0.1) is 16.9 Å². The fourth-order valence-corrected chi connectivity index (χ4v) is 4.09. The molecule has 0 aliphatic carbocycles. The number of halogens is 3. The van der Waals surface area contributed by atoms with Gasteiger partial charge in [-0.05, 0) is 42.5 Å². The van der Waals surface area contributed by atoms with E-state index in [1.54, 1.807) is 37.5 Å². The molecule has 3 heterocycles. The molecule has 38 heavy (non-hydrogen) atoms. The number of nitrogens with zero attached hydrogens (tertiary/aromatic N) is 5. The molecule has 2 N–H and O–H groups in total. The highest BCUT2D eigenvalue weighted by Crippen LogP contribution is 2.27. The van der Waals surface area contributed by atoms with Crippen LogP contribution in [-0.2, 0) is 11.8 Å². The van der Waals surface area contributed by atoms with E-state index in [1.807, 2.05) is 0 Å². The second-order valence-electron chi connectivity index (χ2n) is 8.17. The van der Waals surface area contributed by atoms with Crippen molar-refractivity contribution in [2.75, 3.05) is 10.6 Å². The largest absolute Gasteiger partial charge is 0.322 e. The first kappa shape index (κ1) is 24.8. The molecule has 5 aromatic rings. The summed E-state index contributed by atoms with van der Waals surface area (Å²) in [5, 5.41) is 10.3. The fourth-order valence-electron chi connectivity index (χ4n) is 3.88. The van der Waals surface area contributed by atoms with Crippen molar-refractivity contribution in [1.29, 1.82) is 0 Å². The monoisotopic (exact) mass is 533 g/mol. The maximum Gasteiger partial charge on any atom is 0.264 e. The van der Waals surface area contributed by atoms with Crippen LogP contribution in [0.1, 0.15) is 0 Å². The van der Waals surface area contributed by atoms with Gasteiger partial charge in [0, 0.05) is 42.1 Å². The average molecular weight is 534 g/mol. The van der Waals surface area contributed by atoms with Gasteiger partial charge in [-0.2, -0.15) is 10.1 Å². The zero-order chi connectivity index (χ0) is 27.0. The SMILES string of the molecule is C=CC(=O)Nc1cccc(-n2c(=O)c(-c3ccc(F)cc3F)cc3cnc(Nc4cn(C)nc4Cl)nc32)c1. The molecule has 3 aromatic heterocycles. The van der Waals surface area contributed by atoms with Crippen LogP contribution in [0.2, 0.25) is 5.15 Å². The summed E-state index contributed by atoms with van der Waals surface area (Å²) in [5.41, 5.74) is 0.602. The lowest BCUT2D eigenvalue weighted by Gasteiger charge is -2.15. The van der Waals surface area contributed by atoms with Crippen molar-refractivity contribution < 1.29 is 13.6 Å². The normalized spacial score (nSPS) is 10.9. The van der Waals surface area contributed by atoms with Gasteiger partial charge in [0.15, 0.2) is 10.8 Å². The molecule has 0 saturated heterocycles. The van der Waals surface area contributed by atoms with Crippen molar-refractivity contribution in [3.05, 3.63) is 101 Å². The van der Waals surface area contributed by atoms with Crippen LogP contribution in [-0.4, -0.2) is 30.2 Å². The molecule has 0 fully saturated rings. The van der Waals surface area contributed by atoms with Crippen LogP contribution in [0.15, 0.2) is 78.4 Å². The molecule has 190 valence electrons. The topological polar surface area (TPSA) is 107 Å². The molecule has 0 unspecified atom stereocenters. The Bertz CT molecular complexity index is 1800. The van der Waals surface area contributed by atoms with Crippen molar-refractivity contribution in [3.63, 3.8) is 0 Å². The third-order valence-electron chi connectivity index (χ3n) is 5.55. The summed E-state index contributed by atoms with van der Waals surface area (Å²) < 4.78 is 31.1. The van der Waals surface area contributed by atoms with E-state index in [0.29, 0.717) is 28.5 Å². The Morgan fingerprint density at radius 2 is 1.95 bits per heavy atom. The molecule has 0 spiro atoms. The third kappa shape index (κ3) is 4.74. The Hall–Kier alpha value is -4.90. The summed E-state index contributed by atoms with van der Waals surface area (Å²) >= 11 is 6.14. The number of benzene rings is 2. The van der Waals surface area contributed by atoms with E-state index in [0.717, 1.165) is 12.1 Å². The molecule has 0 atom stereocenters. The Morgan fingerprint density at radius 3 is 2.66 bits per heavy atom. The number of fused-ring (bicyclic) bond motifs is 1. The maximum atomic E-state index is 14.7. The second-order valence-corrected chi connectivity index (χ2v) is 8.53. The van der Waals surface area contributed by atoms with Crippen LogP contribution in [0, 0.1) is 11.6 Å². The van der Waals surface area contributed by atoms with Crippen molar-refractivity contribution in [2.45, 2.75) is 0 Å². The molecule has 12 heteroatoms. The van der Waals surface area contributed by atoms with Crippen molar-refractivity contribution in [2.24, 2.45) is 7.05 Å². The molecular weight excluding hydrogens is 516 g/mol. The van der Waals surface area contributed by atoms with Gasteiger partial charge in [0.2, 0.25) is 11.9 Å². The van der Waals surface area contributed by atoms with Crippen LogP contribution >= 0.6 is 11.6 Å². The number of hydrogen-bond acceptors (Lipinski definition) is 6. The number of hydrogen-bond donors (Lipinski definition) is 2. The van der Waals surface area contributed by atoms with Gasteiger partial charge in [-0.15, -0.1) is 0 Å². The zero-order valence-electron chi connectivity index (χ0n) is 19.7. The van der Waals surface area contributed by atoms with Crippen LogP contribution in [0.5, 0.6) is 0 Å². The molecule has 2 aromatic carbocycles. The quantitative estimate of drug-likeness (QED) is 0.298. The van der Waals surface area contributed by atoms with Crippen LogP contribution in [0.25, 0.3) is 27.8 Å². The molecule has 0 aliphatic heterocycles. The van der Waals surface area contributed by atoms with E-state index in [-0.39, 0.29) is 27.9 Å². The second kappa shape index (κ2) is 9.87. The molecule has 0 aliphatic rings. The summed E-state index contributed by atoms with van der Waals surface area (Å²) in [4.78, 5) is 34.5. The minimum atomic E-state index is -0.898. The number of carbonyl (C=O) groups excluding carboxylic acids is 1. The van der Waals surface area contributed by atoms with E-state index in [9.17, 15) is 18.4 Å². The first-order valence-corrected chi connectivity index (χ1v) is 11.5. The predicted octanol–water partition coefficient (Wildman–Crippen LogP) is 4.98. The predicted molar refractivity (Wildman–Crippen MR) is 141 cm³/mol. The van der Waals surface area contributed by atoms with Gasteiger partial charge >= 0.3 is 0 Å². The van der Waals surface area contributed by atoms with Gasteiger partial charge in [0.1, 0.15) is 11.6 Å². The number of carbonyl (C=O) groups is 1. The lowest BCUT2D eigenvalue weighted by atomic mass is 10.0. The number of aromatic nitrogens is 5. The van der Waals surface area contributed by atoms with Crippen molar-refractivity contribution in [3.8, 4) is 16.8 Å². The summed E-state index contributed by atoms with van der Waals surface area (Å²) in [5.74, 6) is -1.99. The first-order valence-electron chi connectivity index (χ1n) is 11.1. The Kier molecular flexibility index (Phi) is 6.43. The van der Waals surface area contributed by atoms with E-state index in [2.05, 4.69) is 32.3 Å². The molecule has 5 rings (SSSR count). The molecule has 9 nitrogen and oxygen atoms in total. The summed E-state index contributed by atoms with van der Waals surface area (Å²) in [6.07, 6.45) is 4.20. The number of amides is 1. The van der Waals surface area contributed by atoms with Gasteiger partial charge in [-0.3, -0.25) is 18.8 Å². The van der Waals surface area contributed by atoms with E-state index in [1.165, 1.54) is 27.6 Å². The summed E-state index contributed by atoms with van der Waals surface area (Å²) in [6, 6.07) is 10.9. The average Bonchev–Trinajstić information content (AvgIpc) is 3.20. The molecule has 1 amide bonds. The summed E-state index contributed by atoms with van der Waals surface area (Å²) in [6.45, 7) is 3.44. The lowest BCUT2D eigenvalue weighted by Crippen LogP contribution is -2.22. The molecule has 0 bridgehead atoms.